The van der Waals surface area contributed by atoms with Crippen molar-refractivity contribution in [2.75, 3.05) is 11.9 Å². The van der Waals surface area contributed by atoms with Crippen molar-refractivity contribution < 1.29 is 9.90 Å². The Morgan fingerprint density at radius 2 is 2.14 bits per heavy atom. The number of likely N-dealkylation sites (N-methyl/N-ethyl adjacent to an activating group) is 1. The van der Waals surface area contributed by atoms with Gasteiger partial charge in [0.2, 0.25) is 5.60 Å². The fourth-order valence-electron chi connectivity index (χ4n) is 1.68. The molecule has 0 spiro atoms. The summed E-state index contributed by atoms with van der Waals surface area (Å²) in [6.07, 6.45) is 5.19. The first-order valence-corrected chi connectivity index (χ1v) is 4.19. The van der Waals surface area contributed by atoms with Crippen LogP contribution in [-0.2, 0) is 10.4 Å². The van der Waals surface area contributed by atoms with Gasteiger partial charge in [-0.2, -0.15) is 0 Å². The smallest absolute Gasteiger partial charge is 0.276 e. The Balaban J connectivity index is 2.73. The molecule has 70 valence electrons. The van der Waals surface area contributed by atoms with Crippen LogP contribution in [0.4, 0.5) is 5.69 Å². The quantitative estimate of drug-likeness (QED) is 0.600. The van der Waals surface area contributed by atoms with Crippen LogP contribution in [0.25, 0.3) is 0 Å². The molecule has 1 amide bonds. The Morgan fingerprint density at radius 3 is 2.79 bits per heavy atom. The van der Waals surface area contributed by atoms with Crippen LogP contribution in [0.3, 0.4) is 0 Å². The third kappa shape index (κ3) is 0.835. The SMILES string of the molecule is C#CC1(O)C(=O)N(C)c2ccccc21. The van der Waals surface area contributed by atoms with Crippen LogP contribution in [0, 0.1) is 12.3 Å². The highest BCUT2D eigenvalue weighted by atomic mass is 16.3. The zero-order valence-corrected chi connectivity index (χ0v) is 7.69. The van der Waals surface area contributed by atoms with E-state index < -0.39 is 11.5 Å². The van der Waals surface area contributed by atoms with Gasteiger partial charge in [-0.3, -0.25) is 4.79 Å². The van der Waals surface area contributed by atoms with Crippen LogP contribution in [0.15, 0.2) is 24.3 Å². The van der Waals surface area contributed by atoms with E-state index >= 15 is 0 Å². The van der Waals surface area contributed by atoms with Crippen molar-refractivity contribution in [2.45, 2.75) is 5.60 Å². The van der Waals surface area contributed by atoms with Gasteiger partial charge < -0.3 is 10.0 Å². The highest BCUT2D eigenvalue weighted by molar-refractivity contribution is 6.08. The van der Waals surface area contributed by atoms with Crippen molar-refractivity contribution in [3.8, 4) is 12.3 Å². The Labute approximate surface area is 82.0 Å². The predicted molar refractivity (Wildman–Crippen MR) is 52.6 cm³/mol. The lowest BCUT2D eigenvalue weighted by Crippen LogP contribution is -2.37. The van der Waals surface area contributed by atoms with E-state index in [2.05, 4.69) is 5.92 Å². The fourth-order valence-corrected chi connectivity index (χ4v) is 1.68. The first kappa shape index (κ1) is 8.79. The number of aliphatic hydroxyl groups is 1. The van der Waals surface area contributed by atoms with Crippen molar-refractivity contribution in [1.82, 2.24) is 0 Å². The van der Waals surface area contributed by atoms with Crippen molar-refractivity contribution >= 4 is 11.6 Å². The minimum Gasteiger partial charge on any atom is -0.366 e. The number of amides is 1. The number of carbonyl (C=O) groups excluding carboxylic acids is 1. The number of terminal acetylenes is 1. The van der Waals surface area contributed by atoms with Gasteiger partial charge in [0.15, 0.2) is 0 Å². The van der Waals surface area contributed by atoms with Gasteiger partial charge in [0.25, 0.3) is 5.91 Å². The largest absolute Gasteiger partial charge is 0.366 e. The standard InChI is InChI=1S/C11H9NO2/c1-3-11(14)8-6-4-5-7-9(8)12(2)10(11)13/h1,4-7,14H,2H3. The van der Waals surface area contributed by atoms with Crippen molar-refractivity contribution in [3.05, 3.63) is 29.8 Å². The monoisotopic (exact) mass is 187 g/mol. The molecule has 1 heterocycles. The molecule has 1 aromatic carbocycles. The van der Waals surface area contributed by atoms with Crippen LogP contribution in [0.1, 0.15) is 5.56 Å². The summed E-state index contributed by atoms with van der Waals surface area (Å²) in [7, 11) is 1.59. The Kier molecular flexibility index (Phi) is 1.63. The molecular weight excluding hydrogens is 178 g/mol. The van der Waals surface area contributed by atoms with E-state index in [-0.39, 0.29) is 0 Å². The number of rotatable bonds is 0. The molecule has 1 unspecified atom stereocenters. The zero-order valence-electron chi connectivity index (χ0n) is 7.69. The van der Waals surface area contributed by atoms with Gasteiger partial charge in [-0.15, -0.1) is 6.42 Å². The molecule has 1 aromatic rings. The molecule has 0 saturated carbocycles. The van der Waals surface area contributed by atoms with Crippen LogP contribution in [0.5, 0.6) is 0 Å². The summed E-state index contributed by atoms with van der Waals surface area (Å²) >= 11 is 0. The molecule has 3 nitrogen and oxygen atoms in total. The molecule has 1 N–H and O–H groups in total. The van der Waals surface area contributed by atoms with E-state index in [0.29, 0.717) is 11.3 Å². The Hall–Kier alpha value is -1.79. The topological polar surface area (TPSA) is 40.5 Å². The second kappa shape index (κ2) is 2.60. The van der Waals surface area contributed by atoms with Gasteiger partial charge in [-0.1, -0.05) is 24.1 Å². The molecular formula is C11H9NO2. The maximum Gasteiger partial charge on any atom is 0.276 e. The molecule has 0 radical (unpaired) electrons. The summed E-state index contributed by atoms with van der Waals surface area (Å²) in [5.41, 5.74) is -0.640. The first-order chi connectivity index (χ1) is 6.61. The average Bonchev–Trinajstić information content (AvgIpc) is 2.43. The second-order valence-electron chi connectivity index (χ2n) is 3.24. The van der Waals surface area contributed by atoms with E-state index in [1.54, 1.807) is 31.3 Å². The van der Waals surface area contributed by atoms with E-state index in [9.17, 15) is 9.90 Å². The molecule has 0 aliphatic carbocycles. The number of nitrogens with zero attached hydrogens (tertiary/aromatic N) is 1. The molecule has 1 atom stereocenters. The number of para-hydroxylation sites is 1. The molecule has 1 aliphatic rings. The van der Waals surface area contributed by atoms with Crippen molar-refractivity contribution in [3.63, 3.8) is 0 Å². The molecule has 0 bridgehead atoms. The average molecular weight is 187 g/mol. The zero-order chi connectivity index (χ0) is 10.3. The minimum absolute atomic E-state index is 0.471. The molecule has 2 rings (SSSR count). The number of anilines is 1. The molecule has 14 heavy (non-hydrogen) atoms. The maximum absolute atomic E-state index is 11.6. The van der Waals surface area contributed by atoms with Crippen LogP contribution in [0.2, 0.25) is 0 Å². The summed E-state index contributed by atoms with van der Waals surface area (Å²) in [6, 6.07) is 6.96. The maximum atomic E-state index is 11.6. The first-order valence-electron chi connectivity index (χ1n) is 4.19. The number of hydrogen-bond donors (Lipinski definition) is 1. The summed E-state index contributed by atoms with van der Waals surface area (Å²) < 4.78 is 0. The fraction of sp³-hybridized carbons (Fsp3) is 0.182. The lowest BCUT2D eigenvalue weighted by molar-refractivity contribution is -0.130. The highest BCUT2D eigenvalue weighted by Crippen LogP contribution is 2.38. The Morgan fingerprint density at radius 1 is 1.50 bits per heavy atom. The van der Waals surface area contributed by atoms with Gasteiger partial charge in [-0.25, -0.2) is 0 Å². The summed E-state index contributed by atoms with van der Waals surface area (Å²) in [5, 5.41) is 9.96. The van der Waals surface area contributed by atoms with Gasteiger partial charge >= 0.3 is 0 Å². The van der Waals surface area contributed by atoms with E-state index in [0.717, 1.165) is 0 Å². The number of benzene rings is 1. The van der Waals surface area contributed by atoms with E-state index in [4.69, 9.17) is 6.42 Å². The lowest BCUT2D eigenvalue weighted by atomic mass is 9.97. The van der Waals surface area contributed by atoms with Crippen LogP contribution in [-0.4, -0.2) is 18.1 Å². The second-order valence-corrected chi connectivity index (χ2v) is 3.24. The molecule has 3 heteroatoms. The molecule has 0 fully saturated rings. The van der Waals surface area contributed by atoms with E-state index in [1.807, 2.05) is 0 Å². The van der Waals surface area contributed by atoms with Gasteiger partial charge in [0, 0.05) is 12.6 Å². The summed E-state index contributed by atoms with van der Waals surface area (Å²) in [5.74, 6) is 1.67. The van der Waals surface area contributed by atoms with Crippen LogP contribution >= 0.6 is 0 Å². The third-order valence-corrected chi connectivity index (χ3v) is 2.48. The summed E-state index contributed by atoms with van der Waals surface area (Å²) in [6.45, 7) is 0. The van der Waals surface area contributed by atoms with Gasteiger partial charge in [0.05, 0.1) is 5.69 Å². The predicted octanol–water partition coefficient (Wildman–Crippen LogP) is 0.484. The Bertz CT molecular complexity index is 447. The van der Waals surface area contributed by atoms with E-state index in [1.165, 1.54) is 4.90 Å². The van der Waals surface area contributed by atoms with Crippen molar-refractivity contribution in [1.29, 1.82) is 0 Å². The normalized spacial score (nSPS) is 24.6. The molecule has 0 aromatic heterocycles. The number of hydrogen-bond acceptors (Lipinski definition) is 2. The minimum atomic E-state index is -1.79. The molecule has 0 saturated heterocycles. The summed E-state index contributed by atoms with van der Waals surface area (Å²) in [4.78, 5) is 13.0. The van der Waals surface area contributed by atoms with Crippen LogP contribution < -0.4 is 4.90 Å². The van der Waals surface area contributed by atoms with Gasteiger partial charge in [-0.05, 0) is 6.07 Å². The van der Waals surface area contributed by atoms with Gasteiger partial charge in [0.1, 0.15) is 0 Å². The third-order valence-electron chi connectivity index (χ3n) is 2.48. The number of carbonyl (C=O) groups is 1. The lowest BCUT2D eigenvalue weighted by Gasteiger charge is -2.13. The highest BCUT2D eigenvalue weighted by Gasteiger charge is 2.47. The van der Waals surface area contributed by atoms with Crippen molar-refractivity contribution in [2.24, 2.45) is 0 Å². The molecule has 1 aliphatic heterocycles. The number of fused-ring (bicyclic) bond motifs is 1.